The molecular weight excluding hydrogens is 449 g/mol. The fraction of sp³-hybridized carbons (Fsp3) is 0.250. The first-order chi connectivity index (χ1) is 17.1. The summed E-state index contributed by atoms with van der Waals surface area (Å²) in [5.41, 5.74) is 5.25. The molecule has 6 rings (SSSR count). The molecule has 0 saturated heterocycles. The van der Waals surface area contributed by atoms with Gasteiger partial charge < -0.3 is 24.3 Å². The van der Waals surface area contributed by atoms with Crippen LogP contribution in [0, 0.1) is 5.82 Å². The lowest BCUT2D eigenvalue weighted by Gasteiger charge is -2.37. The van der Waals surface area contributed by atoms with Gasteiger partial charge in [-0.25, -0.2) is 4.39 Å². The summed E-state index contributed by atoms with van der Waals surface area (Å²) in [6, 6.07) is 16.0. The fourth-order valence-electron chi connectivity index (χ4n) is 5.35. The van der Waals surface area contributed by atoms with Crippen LogP contribution in [0.4, 0.5) is 10.1 Å². The van der Waals surface area contributed by atoms with Gasteiger partial charge in [0.05, 0.1) is 14.2 Å². The molecule has 0 spiro atoms. The van der Waals surface area contributed by atoms with Crippen LogP contribution in [0.1, 0.15) is 41.4 Å². The number of ether oxygens (including phenoxy) is 4. The van der Waals surface area contributed by atoms with E-state index in [1.54, 1.807) is 26.4 Å². The molecule has 2 atom stereocenters. The van der Waals surface area contributed by atoms with E-state index in [1.165, 1.54) is 12.1 Å². The SMILES string of the molecule is COc1ccc([C@H]2CC(=O)C3=C(C2)Nc2cc4c(cc2[C@H]3c2ccc(F)cc2)OCO4)cc1OC. The van der Waals surface area contributed by atoms with Crippen molar-refractivity contribution in [3.8, 4) is 23.0 Å². The van der Waals surface area contributed by atoms with Gasteiger partial charge in [0.1, 0.15) is 5.82 Å². The molecule has 35 heavy (non-hydrogen) atoms. The van der Waals surface area contributed by atoms with Gasteiger partial charge in [-0.2, -0.15) is 0 Å². The predicted octanol–water partition coefficient (Wildman–Crippen LogP) is 5.53. The number of rotatable bonds is 4. The minimum Gasteiger partial charge on any atom is -0.493 e. The number of allylic oxidation sites excluding steroid dienone is 2. The number of fused-ring (bicyclic) bond motifs is 2. The summed E-state index contributed by atoms with van der Waals surface area (Å²) in [5.74, 6) is 2.01. The maximum absolute atomic E-state index is 13.7. The van der Waals surface area contributed by atoms with E-state index >= 15 is 0 Å². The molecule has 178 valence electrons. The lowest BCUT2D eigenvalue weighted by Crippen LogP contribution is -2.29. The highest BCUT2D eigenvalue weighted by molar-refractivity contribution is 6.02. The number of ketones is 1. The van der Waals surface area contributed by atoms with Crippen LogP contribution in [0.2, 0.25) is 0 Å². The average Bonchev–Trinajstić information content (AvgIpc) is 3.33. The third kappa shape index (κ3) is 3.58. The summed E-state index contributed by atoms with van der Waals surface area (Å²) in [5, 5.41) is 3.51. The zero-order chi connectivity index (χ0) is 24.1. The van der Waals surface area contributed by atoms with E-state index in [1.807, 2.05) is 30.3 Å². The molecule has 3 aromatic carbocycles. The van der Waals surface area contributed by atoms with Crippen molar-refractivity contribution in [2.24, 2.45) is 0 Å². The van der Waals surface area contributed by atoms with Crippen LogP contribution in [0.25, 0.3) is 0 Å². The van der Waals surface area contributed by atoms with E-state index in [2.05, 4.69) is 5.32 Å². The Labute approximate surface area is 202 Å². The van der Waals surface area contributed by atoms with E-state index < -0.39 is 0 Å². The first kappa shape index (κ1) is 21.5. The van der Waals surface area contributed by atoms with Gasteiger partial charge in [0.25, 0.3) is 0 Å². The van der Waals surface area contributed by atoms with Crippen LogP contribution in [0.3, 0.4) is 0 Å². The van der Waals surface area contributed by atoms with Gasteiger partial charge >= 0.3 is 0 Å². The van der Waals surface area contributed by atoms with Gasteiger partial charge in [-0.15, -0.1) is 0 Å². The number of carbonyl (C=O) groups excluding carboxylic acids is 1. The Morgan fingerprint density at radius 2 is 1.60 bits per heavy atom. The third-order valence-electron chi connectivity index (χ3n) is 7.02. The van der Waals surface area contributed by atoms with Gasteiger partial charge in [-0.05, 0) is 59.4 Å². The van der Waals surface area contributed by atoms with Crippen molar-refractivity contribution < 1.29 is 28.1 Å². The second kappa shape index (κ2) is 8.34. The first-order valence-corrected chi connectivity index (χ1v) is 11.5. The van der Waals surface area contributed by atoms with E-state index in [-0.39, 0.29) is 30.2 Å². The largest absolute Gasteiger partial charge is 0.493 e. The Morgan fingerprint density at radius 3 is 2.34 bits per heavy atom. The molecule has 6 nitrogen and oxygen atoms in total. The van der Waals surface area contributed by atoms with E-state index in [4.69, 9.17) is 18.9 Å². The van der Waals surface area contributed by atoms with Crippen molar-refractivity contribution in [3.63, 3.8) is 0 Å². The maximum atomic E-state index is 13.7. The quantitative estimate of drug-likeness (QED) is 0.538. The average molecular weight is 474 g/mol. The summed E-state index contributed by atoms with van der Waals surface area (Å²) >= 11 is 0. The minimum absolute atomic E-state index is 0.0158. The summed E-state index contributed by atoms with van der Waals surface area (Å²) in [6.45, 7) is 0.160. The molecule has 0 amide bonds. The molecule has 7 heteroatoms. The summed E-state index contributed by atoms with van der Waals surface area (Å²) in [4.78, 5) is 13.7. The standard InChI is InChI=1S/C28H24FNO5/c1-32-23-8-5-16(11-24(23)33-2)17-9-21-28(22(31)10-17)27(15-3-6-18(29)7-4-15)19-12-25-26(35-14-34-25)13-20(19)30-21/h3-8,11-13,17,27,30H,9-10,14H2,1-2H3/t17-,27-/m1/s1. The zero-order valence-electron chi connectivity index (χ0n) is 19.4. The Hall–Kier alpha value is -4.00. The van der Waals surface area contributed by atoms with Crippen LogP contribution >= 0.6 is 0 Å². The summed E-state index contributed by atoms with van der Waals surface area (Å²) in [6.07, 6.45) is 1.02. The van der Waals surface area contributed by atoms with Gasteiger partial charge in [0.15, 0.2) is 28.8 Å². The Balaban J connectivity index is 1.44. The van der Waals surface area contributed by atoms with Gasteiger partial charge in [0, 0.05) is 35.4 Å². The van der Waals surface area contributed by atoms with Gasteiger partial charge in [-0.3, -0.25) is 4.79 Å². The smallest absolute Gasteiger partial charge is 0.231 e. The molecule has 3 aliphatic rings. The van der Waals surface area contributed by atoms with Crippen LogP contribution in [0.5, 0.6) is 23.0 Å². The minimum atomic E-state index is -0.324. The predicted molar refractivity (Wildman–Crippen MR) is 128 cm³/mol. The van der Waals surface area contributed by atoms with Crippen molar-refractivity contribution in [1.82, 2.24) is 0 Å². The molecule has 0 saturated carbocycles. The Bertz CT molecular complexity index is 1360. The molecule has 1 aliphatic carbocycles. The number of halogens is 1. The molecule has 0 unspecified atom stereocenters. The highest BCUT2D eigenvalue weighted by atomic mass is 19.1. The van der Waals surface area contributed by atoms with Crippen molar-refractivity contribution in [3.05, 3.63) is 88.4 Å². The fourth-order valence-corrected chi connectivity index (χ4v) is 5.35. The number of anilines is 1. The van der Waals surface area contributed by atoms with Gasteiger partial charge in [0.2, 0.25) is 6.79 Å². The number of hydrogen-bond acceptors (Lipinski definition) is 6. The molecule has 2 heterocycles. The van der Waals surface area contributed by atoms with Crippen molar-refractivity contribution in [2.75, 3.05) is 26.3 Å². The molecule has 0 radical (unpaired) electrons. The highest BCUT2D eigenvalue weighted by Gasteiger charge is 2.39. The molecule has 0 bridgehead atoms. The Morgan fingerprint density at radius 1 is 0.886 bits per heavy atom. The highest BCUT2D eigenvalue weighted by Crippen LogP contribution is 2.51. The summed E-state index contributed by atoms with van der Waals surface area (Å²) < 4.78 is 35.8. The molecular formula is C28H24FNO5. The molecule has 0 aromatic heterocycles. The first-order valence-electron chi connectivity index (χ1n) is 11.5. The zero-order valence-corrected chi connectivity index (χ0v) is 19.4. The molecule has 3 aromatic rings. The molecule has 2 aliphatic heterocycles. The van der Waals surface area contributed by atoms with E-state index in [9.17, 15) is 9.18 Å². The third-order valence-corrected chi connectivity index (χ3v) is 7.02. The number of methoxy groups -OCH3 is 2. The van der Waals surface area contributed by atoms with Crippen LogP contribution in [-0.2, 0) is 4.79 Å². The van der Waals surface area contributed by atoms with Crippen molar-refractivity contribution in [2.45, 2.75) is 24.7 Å². The van der Waals surface area contributed by atoms with E-state index in [0.29, 0.717) is 35.8 Å². The number of nitrogens with one attached hydrogen (secondary N) is 1. The number of hydrogen-bond donors (Lipinski definition) is 1. The number of carbonyl (C=O) groups is 1. The van der Waals surface area contributed by atoms with E-state index in [0.717, 1.165) is 33.6 Å². The molecule has 1 N–H and O–H groups in total. The second-order valence-electron chi connectivity index (χ2n) is 8.94. The van der Waals surface area contributed by atoms with Crippen molar-refractivity contribution >= 4 is 11.5 Å². The number of Topliss-reactive ketones (excluding diaryl/α,β-unsaturated/α-hetero) is 1. The summed E-state index contributed by atoms with van der Waals surface area (Å²) in [7, 11) is 3.20. The normalized spacial score (nSPS) is 20.1. The van der Waals surface area contributed by atoms with Crippen LogP contribution in [0.15, 0.2) is 65.9 Å². The molecule has 0 fully saturated rings. The lowest BCUT2D eigenvalue weighted by molar-refractivity contribution is -0.116. The van der Waals surface area contributed by atoms with Crippen LogP contribution in [-0.4, -0.2) is 26.8 Å². The second-order valence-corrected chi connectivity index (χ2v) is 8.94. The Kier molecular flexibility index (Phi) is 5.13. The van der Waals surface area contributed by atoms with Crippen LogP contribution < -0.4 is 24.3 Å². The van der Waals surface area contributed by atoms with Gasteiger partial charge in [-0.1, -0.05) is 18.2 Å². The van der Waals surface area contributed by atoms with Crippen molar-refractivity contribution in [1.29, 1.82) is 0 Å². The number of benzene rings is 3. The monoisotopic (exact) mass is 473 g/mol. The topological polar surface area (TPSA) is 66.0 Å². The lowest BCUT2D eigenvalue weighted by atomic mass is 9.72. The maximum Gasteiger partial charge on any atom is 0.231 e.